The summed E-state index contributed by atoms with van der Waals surface area (Å²) in [5, 5.41) is 2.73. The molecule has 2 heterocycles. The highest BCUT2D eigenvalue weighted by molar-refractivity contribution is 7.91. The van der Waals surface area contributed by atoms with Crippen LogP contribution in [0.15, 0.2) is 47.2 Å². The Balaban J connectivity index is 1.50. The Morgan fingerprint density at radius 1 is 1.11 bits per heavy atom. The van der Waals surface area contributed by atoms with Crippen molar-refractivity contribution in [3.8, 4) is 0 Å². The molecule has 0 radical (unpaired) electrons. The third-order valence-electron chi connectivity index (χ3n) is 6.64. The van der Waals surface area contributed by atoms with Gasteiger partial charge in [0.15, 0.2) is 9.84 Å². The lowest BCUT2D eigenvalue weighted by atomic mass is 9.99. The molecule has 1 aromatic carbocycles. The van der Waals surface area contributed by atoms with Gasteiger partial charge in [-0.25, -0.2) is 13.4 Å². The number of Topliss-reactive ketones (excluding diaryl/α,β-unsaturated/α-hetero) is 1. The molecule has 1 aromatic heterocycles. The summed E-state index contributed by atoms with van der Waals surface area (Å²) < 4.78 is 36.2. The highest BCUT2D eigenvalue weighted by Crippen LogP contribution is 2.31. The SMILES string of the molecule is O=C(NC(CCc1ccccc1)C(=O)c1ncco1)C(CC(=O)N1CCOCC1)CS(=O)(=O)CC1CC1. The van der Waals surface area contributed by atoms with Crippen LogP contribution < -0.4 is 5.32 Å². The van der Waals surface area contributed by atoms with E-state index < -0.39 is 39.2 Å². The van der Waals surface area contributed by atoms with Crippen molar-refractivity contribution in [2.24, 2.45) is 11.8 Å². The molecule has 1 saturated carbocycles. The first-order valence-electron chi connectivity index (χ1n) is 12.6. The highest BCUT2D eigenvalue weighted by Gasteiger charge is 2.36. The Bertz CT molecular complexity index is 1160. The molecule has 200 valence electrons. The van der Waals surface area contributed by atoms with Gasteiger partial charge in [-0.2, -0.15) is 0 Å². The first kappa shape index (κ1) is 27.0. The number of aryl methyl sites for hydroxylation is 1. The molecule has 11 heteroatoms. The molecule has 2 aromatic rings. The molecule has 37 heavy (non-hydrogen) atoms. The van der Waals surface area contributed by atoms with Gasteiger partial charge >= 0.3 is 0 Å². The molecule has 0 bridgehead atoms. The maximum Gasteiger partial charge on any atom is 0.265 e. The van der Waals surface area contributed by atoms with Gasteiger partial charge in [0.05, 0.1) is 42.9 Å². The van der Waals surface area contributed by atoms with Crippen LogP contribution in [0.4, 0.5) is 0 Å². The van der Waals surface area contributed by atoms with Gasteiger partial charge in [-0.1, -0.05) is 30.3 Å². The van der Waals surface area contributed by atoms with Crippen molar-refractivity contribution in [3.05, 3.63) is 54.2 Å². The first-order chi connectivity index (χ1) is 17.8. The lowest BCUT2D eigenvalue weighted by Crippen LogP contribution is -2.48. The number of aromatic nitrogens is 1. The van der Waals surface area contributed by atoms with Crippen molar-refractivity contribution < 1.29 is 32.0 Å². The molecule has 1 aliphatic carbocycles. The zero-order chi connectivity index (χ0) is 26.3. The number of hydrogen-bond donors (Lipinski definition) is 1. The smallest absolute Gasteiger partial charge is 0.265 e. The summed E-state index contributed by atoms with van der Waals surface area (Å²) in [5.41, 5.74) is 0.980. The fourth-order valence-electron chi connectivity index (χ4n) is 4.41. The minimum absolute atomic E-state index is 0.00913. The van der Waals surface area contributed by atoms with E-state index in [2.05, 4.69) is 10.3 Å². The molecule has 1 saturated heterocycles. The van der Waals surface area contributed by atoms with E-state index in [-0.39, 0.29) is 36.3 Å². The Morgan fingerprint density at radius 3 is 2.49 bits per heavy atom. The van der Waals surface area contributed by atoms with Crippen molar-refractivity contribution in [1.82, 2.24) is 15.2 Å². The predicted molar refractivity (Wildman–Crippen MR) is 134 cm³/mol. The number of carbonyl (C=O) groups excluding carboxylic acids is 3. The predicted octanol–water partition coefficient (Wildman–Crippen LogP) is 1.66. The van der Waals surface area contributed by atoms with Crippen LogP contribution in [0.3, 0.4) is 0 Å². The van der Waals surface area contributed by atoms with Crippen LogP contribution >= 0.6 is 0 Å². The van der Waals surface area contributed by atoms with Gasteiger partial charge < -0.3 is 19.4 Å². The third kappa shape index (κ3) is 8.22. The van der Waals surface area contributed by atoms with Crippen molar-refractivity contribution in [1.29, 1.82) is 0 Å². The highest BCUT2D eigenvalue weighted by atomic mass is 32.2. The van der Waals surface area contributed by atoms with E-state index in [0.29, 0.717) is 32.7 Å². The molecule has 0 spiro atoms. The van der Waals surface area contributed by atoms with Crippen LogP contribution in [-0.4, -0.2) is 79.8 Å². The normalized spacial score (nSPS) is 17.7. The van der Waals surface area contributed by atoms with Crippen molar-refractivity contribution >= 4 is 27.4 Å². The number of hydrogen-bond acceptors (Lipinski definition) is 8. The second-order valence-corrected chi connectivity index (χ2v) is 11.9. The monoisotopic (exact) mass is 531 g/mol. The Hall–Kier alpha value is -3.05. The van der Waals surface area contributed by atoms with Crippen LogP contribution in [-0.2, 0) is 30.6 Å². The first-order valence-corrected chi connectivity index (χ1v) is 14.5. The van der Waals surface area contributed by atoms with Crippen molar-refractivity contribution in [2.45, 2.75) is 38.1 Å². The molecule has 1 N–H and O–H groups in total. The summed E-state index contributed by atoms with van der Waals surface area (Å²) in [5.74, 6) is -3.01. The standard InChI is InChI=1S/C26H33N3O7S/c30-23(29-11-14-35-15-12-29)16-21(18-37(33,34)17-20-6-7-20)25(32)28-22(24(31)26-27-10-13-36-26)9-8-19-4-2-1-3-5-19/h1-5,10,13,20-22H,6-9,11-12,14-18H2,(H,28,32). The van der Waals surface area contributed by atoms with E-state index in [9.17, 15) is 22.8 Å². The van der Waals surface area contributed by atoms with Gasteiger partial charge in [0.1, 0.15) is 6.26 Å². The molecule has 2 fully saturated rings. The van der Waals surface area contributed by atoms with Crippen LogP contribution in [0.5, 0.6) is 0 Å². The summed E-state index contributed by atoms with van der Waals surface area (Å²) in [6.07, 6.45) is 4.83. The Labute approximate surface area is 216 Å². The molecule has 2 atom stereocenters. The van der Waals surface area contributed by atoms with Gasteiger partial charge in [-0.3, -0.25) is 14.4 Å². The summed E-state index contributed by atoms with van der Waals surface area (Å²) >= 11 is 0. The zero-order valence-electron chi connectivity index (χ0n) is 20.7. The van der Waals surface area contributed by atoms with E-state index >= 15 is 0 Å². The summed E-state index contributed by atoms with van der Waals surface area (Å²) in [6.45, 7) is 1.58. The van der Waals surface area contributed by atoms with Crippen molar-refractivity contribution in [2.75, 3.05) is 37.8 Å². The fraction of sp³-hybridized carbons (Fsp3) is 0.538. The number of nitrogens with zero attached hydrogens (tertiary/aromatic N) is 2. The largest absolute Gasteiger partial charge is 0.442 e. The summed E-state index contributed by atoms with van der Waals surface area (Å²) in [6, 6.07) is 8.51. The van der Waals surface area contributed by atoms with Crippen LogP contribution in [0.2, 0.25) is 0 Å². The molecule has 1 aliphatic heterocycles. The number of nitrogens with one attached hydrogen (secondary N) is 1. The summed E-state index contributed by atoms with van der Waals surface area (Å²) in [7, 11) is -3.57. The van der Waals surface area contributed by atoms with E-state index in [1.807, 2.05) is 30.3 Å². The minimum atomic E-state index is -3.57. The number of morpholine rings is 1. The third-order valence-corrected chi connectivity index (χ3v) is 8.53. The molecular formula is C26H33N3O7S. The van der Waals surface area contributed by atoms with E-state index in [1.165, 1.54) is 12.5 Å². The molecule has 10 nitrogen and oxygen atoms in total. The topological polar surface area (TPSA) is 136 Å². The molecule has 4 rings (SSSR count). The van der Waals surface area contributed by atoms with Gasteiger partial charge in [0.2, 0.25) is 17.6 Å². The van der Waals surface area contributed by atoms with Gasteiger partial charge in [0.25, 0.3) is 5.89 Å². The van der Waals surface area contributed by atoms with Crippen LogP contribution in [0.1, 0.15) is 41.9 Å². The van der Waals surface area contributed by atoms with Crippen LogP contribution in [0, 0.1) is 11.8 Å². The fourth-order valence-corrected chi connectivity index (χ4v) is 6.48. The number of ether oxygens (including phenoxy) is 1. The number of rotatable bonds is 13. The number of oxazole rings is 1. The second kappa shape index (κ2) is 12.5. The maximum absolute atomic E-state index is 13.5. The van der Waals surface area contributed by atoms with Crippen LogP contribution in [0.25, 0.3) is 0 Å². The lowest BCUT2D eigenvalue weighted by molar-refractivity contribution is -0.139. The Morgan fingerprint density at radius 2 is 1.84 bits per heavy atom. The molecule has 2 amide bonds. The average Bonchev–Trinajstić information content (AvgIpc) is 3.52. The maximum atomic E-state index is 13.5. The average molecular weight is 532 g/mol. The minimum Gasteiger partial charge on any atom is -0.442 e. The van der Waals surface area contributed by atoms with Gasteiger partial charge in [-0.05, 0) is 37.2 Å². The molecular weight excluding hydrogens is 498 g/mol. The van der Waals surface area contributed by atoms with Gasteiger partial charge in [0, 0.05) is 19.5 Å². The Kier molecular flexibility index (Phi) is 9.09. The van der Waals surface area contributed by atoms with Gasteiger partial charge in [-0.15, -0.1) is 0 Å². The van der Waals surface area contributed by atoms with E-state index in [4.69, 9.17) is 9.15 Å². The summed E-state index contributed by atoms with van der Waals surface area (Å²) in [4.78, 5) is 45.0. The number of sulfone groups is 1. The number of carbonyl (C=O) groups is 3. The van der Waals surface area contributed by atoms with Crippen molar-refractivity contribution in [3.63, 3.8) is 0 Å². The van der Waals surface area contributed by atoms with E-state index in [1.54, 1.807) is 4.90 Å². The number of amides is 2. The zero-order valence-corrected chi connectivity index (χ0v) is 21.5. The lowest BCUT2D eigenvalue weighted by Gasteiger charge is -2.28. The number of benzene rings is 1. The molecule has 2 aliphatic rings. The number of ketones is 1. The second-order valence-electron chi connectivity index (χ2n) is 9.70. The molecule has 2 unspecified atom stereocenters. The van der Waals surface area contributed by atoms with E-state index in [0.717, 1.165) is 18.4 Å². The quantitative estimate of drug-likeness (QED) is 0.386.